The Labute approximate surface area is 151 Å². The van der Waals surface area contributed by atoms with Gasteiger partial charge >= 0.3 is 0 Å². The molecule has 3 rings (SSSR count). The summed E-state index contributed by atoms with van der Waals surface area (Å²) in [6.45, 7) is 4.33. The third-order valence-corrected chi connectivity index (χ3v) is 5.81. The summed E-state index contributed by atoms with van der Waals surface area (Å²) in [5.41, 5.74) is 5.54. The van der Waals surface area contributed by atoms with Gasteiger partial charge in [-0.1, -0.05) is 51.8 Å². The van der Waals surface area contributed by atoms with E-state index in [1.54, 1.807) is 0 Å². The van der Waals surface area contributed by atoms with E-state index in [0.717, 1.165) is 19.3 Å². The summed E-state index contributed by atoms with van der Waals surface area (Å²) in [7, 11) is 0. The predicted molar refractivity (Wildman–Crippen MR) is 105 cm³/mol. The second-order valence-electron chi connectivity index (χ2n) is 6.10. The molecule has 0 aliphatic carbocycles. The van der Waals surface area contributed by atoms with Gasteiger partial charge in [0.05, 0.1) is 0 Å². The molecule has 0 spiro atoms. The molecule has 2 aromatic carbocycles. The zero-order valence-corrected chi connectivity index (χ0v) is 16.0. The smallest absolute Gasteiger partial charge is 0.0178 e. The second-order valence-corrected chi connectivity index (χ2v) is 8.27. The first-order chi connectivity index (χ1) is 11.1. The van der Waals surface area contributed by atoms with Gasteiger partial charge in [0.1, 0.15) is 0 Å². The molecule has 0 atom stereocenters. The van der Waals surface area contributed by atoms with Crippen LogP contribution in [0, 0.1) is 13.8 Å². The summed E-state index contributed by atoms with van der Waals surface area (Å²) in [5, 5.41) is 0. The summed E-state index contributed by atoms with van der Waals surface area (Å²) < 4.78 is 1.17. The highest BCUT2D eigenvalue weighted by atomic mass is 79.9. The monoisotopic (exact) mass is 384 g/mol. The summed E-state index contributed by atoms with van der Waals surface area (Å²) in [6, 6.07) is 20.0. The van der Waals surface area contributed by atoms with Gasteiger partial charge in [-0.3, -0.25) is 0 Å². The first kappa shape index (κ1) is 16.5. The van der Waals surface area contributed by atoms with Crippen LogP contribution in [0.25, 0.3) is 0 Å². The molecule has 0 unspecified atom stereocenters. The van der Waals surface area contributed by atoms with Gasteiger partial charge in [-0.2, -0.15) is 0 Å². The minimum Gasteiger partial charge on any atom is -0.145 e. The van der Waals surface area contributed by atoms with Crippen molar-refractivity contribution in [1.29, 1.82) is 0 Å². The molecule has 0 fully saturated rings. The quantitative estimate of drug-likeness (QED) is 0.470. The Kier molecular flexibility index (Phi) is 5.34. The summed E-state index contributed by atoms with van der Waals surface area (Å²) in [6.07, 6.45) is 3.27. The first-order valence-corrected chi connectivity index (χ1v) is 9.59. The largest absolute Gasteiger partial charge is 0.145 e. The van der Waals surface area contributed by atoms with Crippen LogP contribution in [-0.4, -0.2) is 0 Å². The third kappa shape index (κ3) is 4.55. The molecule has 1 aromatic heterocycles. The Hall–Kier alpha value is -1.38. The first-order valence-electron chi connectivity index (χ1n) is 7.98. The van der Waals surface area contributed by atoms with E-state index in [9.17, 15) is 0 Å². The normalized spacial score (nSPS) is 10.9. The Balaban J connectivity index is 1.63. The van der Waals surface area contributed by atoms with Crippen LogP contribution in [0.4, 0.5) is 0 Å². The van der Waals surface area contributed by atoms with Gasteiger partial charge in [-0.15, -0.1) is 11.3 Å². The van der Waals surface area contributed by atoms with Gasteiger partial charge in [0.25, 0.3) is 0 Å². The standard InChI is InChI=1S/C21H21BrS/c1-15-3-6-17(7-4-15)13-21-12-11-20(23-21)10-8-18-14-19(22)9-5-16(18)2/h3-7,9,11-12,14H,8,10,13H2,1-2H3. The molecule has 0 aliphatic rings. The molecule has 0 N–H and O–H groups in total. The Bertz CT molecular complexity index is 784. The number of halogens is 1. The maximum Gasteiger partial charge on any atom is 0.0178 e. The zero-order valence-electron chi connectivity index (χ0n) is 13.6. The van der Waals surface area contributed by atoms with E-state index in [1.807, 2.05) is 11.3 Å². The topological polar surface area (TPSA) is 0 Å². The molecule has 118 valence electrons. The highest BCUT2D eigenvalue weighted by Crippen LogP contribution is 2.23. The Morgan fingerprint density at radius 1 is 0.826 bits per heavy atom. The highest BCUT2D eigenvalue weighted by Gasteiger charge is 2.05. The summed E-state index contributed by atoms with van der Waals surface area (Å²) in [4.78, 5) is 2.93. The average Bonchev–Trinajstić information content (AvgIpc) is 2.98. The van der Waals surface area contributed by atoms with Gasteiger partial charge in [0.2, 0.25) is 0 Å². The van der Waals surface area contributed by atoms with Crippen molar-refractivity contribution in [3.8, 4) is 0 Å². The number of rotatable bonds is 5. The van der Waals surface area contributed by atoms with E-state index < -0.39 is 0 Å². The van der Waals surface area contributed by atoms with E-state index in [2.05, 4.69) is 84.4 Å². The molecule has 3 aromatic rings. The molecule has 0 saturated carbocycles. The molecule has 0 aliphatic heterocycles. The van der Waals surface area contributed by atoms with Crippen LogP contribution in [0.5, 0.6) is 0 Å². The van der Waals surface area contributed by atoms with Crippen molar-refractivity contribution in [3.63, 3.8) is 0 Å². The van der Waals surface area contributed by atoms with E-state index >= 15 is 0 Å². The molecule has 1 heterocycles. The molecule has 0 nitrogen and oxygen atoms in total. The van der Waals surface area contributed by atoms with Crippen molar-refractivity contribution in [2.45, 2.75) is 33.1 Å². The summed E-state index contributed by atoms with van der Waals surface area (Å²) >= 11 is 5.52. The van der Waals surface area contributed by atoms with Crippen LogP contribution >= 0.6 is 27.3 Å². The third-order valence-electron chi connectivity index (χ3n) is 4.17. The van der Waals surface area contributed by atoms with Crippen molar-refractivity contribution < 1.29 is 0 Å². The number of hydrogen-bond donors (Lipinski definition) is 0. The zero-order chi connectivity index (χ0) is 16.2. The number of benzene rings is 2. The average molecular weight is 385 g/mol. The van der Waals surface area contributed by atoms with Crippen molar-refractivity contribution in [2.24, 2.45) is 0 Å². The minimum atomic E-state index is 1.04. The predicted octanol–water partition coefficient (Wildman–Crippen LogP) is 6.50. The molecular weight excluding hydrogens is 364 g/mol. The Morgan fingerprint density at radius 3 is 2.35 bits per heavy atom. The van der Waals surface area contributed by atoms with Crippen LogP contribution in [-0.2, 0) is 19.3 Å². The number of aryl methyl sites for hydroxylation is 4. The van der Waals surface area contributed by atoms with E-state index in [0.29, 0.717) is 0 Å². The van der Waals surface area contributed by atoms with E-state index in [1.165, 1.54) is 36.5 Å². The van der Waals surface area contributed by atoms with Gasteiger partial charge < -0.3 is 0 Å². The lowest BCUT2D eigenvalue weighted by Gasteiger charge is -2.05. The van der Waals surface area contributed by atoms with Gasteiger partial charge in [0, 0.05) is 20.6 Å². The fraction of sp³-hybridized carbons (Fsp3) is 0.238. The van der Waals surface area contributed by atoms with Crippen molar-refractivity contribution in [1.82, 2.24) is 0 Å². The second kappa shape index (κ2) is 7.46. The van der Waals surface area contributed by atoms with Crippen LogP contribution in [0.1, 0.15) is 32.0 Å². The van der Waals surface area contributed by atoms with Gasteiger partial charge in [-0.25, -0.2) is 0 Å². The molecule has 0 bridgehead atoms. The molecule has 0 saturated heterocycles. The van der Waals surface area contributed by atoms with Gasteiger partial charge in [-0.05, 0) is 67.6 Å². The fourth-order valence-electron chi connectivity index (χ4n) is 2.73. The van der Waals surface area contributed by atoms with Crippen LogP contribution in [0.15, 0.2) is 59.1 Å². The lowest BCUT2D eigenvalue weighted by atomic mass is 10.0. The lowest BCUT2D eigenvalue weighted by molar-refractivity contribution is 0.967. The molecular formula is C21H21BrS. The molecule has 23 heavy (non-hydrogen) atoms. The SMILES string of the molecule is Cc1ccc(Cc2ccc(CCc3cc(Br)ccc3C)s2)cc1. The van der Waals surface area contributed by atoms with Crippen molar-refractivity contribution in [3.05, 3.63) is 91.1 Å². The molecule has 2 heteroatoms. The molecule has 0 radical (unpaired) electrons. The van der Waals surface area contributed by atoms with Crippen LogP contribution in [0.2, 0.25) is 0 Å². The summed E-state index contributed by atoms with van der Waals surface area (Å²) in [5.74, 6) is 0. The van der Waals surface area contributed by atoms with Crippen molar-refractivity contribution in [2.75, 3.05) is 0 Å². The van der Waals surface area contributed by atoms with Crippen LogP contribution < -0.4 is 0 Å². The van der Waals surface area contributed by atoms with Crippen molar-refractivity contribution >= 4 is 27.3 Å². The maximum atomic E-state index is 3.57. The Morgan fingerprint density at radius 2 is 1.57 bits per heavy atom. The fourth-order valence-corrected chi connectivity index (χ4v) is 4.19. The molecule has 0 amide bonds. The highest BCUT2D eigenvalue weighted by molar-refractivity contribution is 9.10. The minimum absolute atomic E-state index is 1.04. The van der Waals surface area contributed by atoms with E-state index in [-0.39, 0.29) is 0 Å². The van der Waals surface area contributed by atoms with Crippen LogP contribution in [0.3, 0.4) is 0 Å². The number of hydrogen-bond acceptors (Lipinski definition) is 1. The lowest BCUT2D eigenvalue weighted by Crippen LogP contribution is -1.92. The number of thiophene rings is 1. The maximum absolute atomic E-state index is 3.57. The van der Waals surface area contributed by atoms with E-state index in [4.69, 9.17) is 0 Å². The van der Waals surface area contributed by atoms with Gasteiger partial charge in [0.15, 0.2) is 0 Å².